The molecule has 154 valence electrons. The molecule has 2 heterocycles. The van der Waals surface area contributed by atoms with Crippen molar-refractivity contribution in [3.63, 3.8) is 0 Å². The van der Waals surface area contributed by atoms with Crippen molar-refractivity contribution in [1.29, 1.82) is 0 Å². The molecule has 1 aromatic heterocycles. The van der Waals surface area contributed by atoms with E-state index in [9.17, 15) is 9.90 Å². The summed E-state index contributed by atoms with van der Waals surface area (Å²) in [6.45, 7) is 6.13. The molecule has 7 nitrogen and oxygen atoms in total. The summed E-state index contributed by atoms with van der Waals surface area (Å²) in [5.41, 5.74) is 3.77. The van der Waals surface area contributed by atoms with Crippen molar-refractivity contribution in [2.24, 2.45) is 0 Å². The molecule has 0 saturated carbocycles. The molecule has 0 aliphatic carbocycles. The molecule has 1 unspecified atom stereocenters. The van der Waals surface area contributed by atoms with Crippen LogP contribution in [0.15, 0.2) is 65.5 Å². The van der Waals surface area contributed by atoms with Gasteiger partial charge in [0.2, 0.25) is 5.16 Å². The standard InChI is InChI=1S/C22H23N5O2S/c1-14(30-21-23-24-25-27(21)15-9-11-16(28)12-10-15)19(29)13-20-22(2,3)17-7-5-6-8-18(17)26(20)4/h5-14,28H,1-4H3/b20-13+. The molecule has 30 heavy (non-hydrogen) atoms. The molecular formula is C22H23N5O2S. The SMILES string of the molecule is CC(Sc1nnnn1-c1ccc(O)cc1)C(=O)/C=C1/N(C)c2ccccc2C1(C)C. The predicted molar refractivity (Wildman–Crippen MR) is 117 cm³/mol. The van der Waals surface area contributed by atoms with Crippen molar-refractivity contribution in [1.82, 2.24) is 20.2 Å². The number of benzene rings is 2. The molecule has 0 spiro atoms. The van der Waals surface area contributed by atoms with Crippen LogP contribution in [0.25, 0.3) is 5.69 Å². The zero-order valence-electron chi connectivity index (χ0n) is 17.3. The fourth-order valence-electron chi connectivity index (χ4n) is 3.74. The van der Waals surface area contributed by atoms with Crippen LogP contribution in [-0.4, -0.2) is 43.4 Å². The van der Waals surface area contributed by atoms with E-state index in [1.807, 2.05) is 26.1 Å². The van der Waals surface area contributed by atoms with Crippen molar-refractivity contribution in [3.05, 3.63) is 65.9 Å². The Kier molecular flexibility index (Phi) is 5.11. The van der Waals surface area contributed by atoms with Crippen molar-refractivity contribution in [3.8, 4) is 11.4 Å². The number of carbonyl (C=O) groups excluding carboxylic acids is 1. The molecule has 3 aromatic rings. The topological polar surface area (TPSA) is 84.1 Å². The van der Waals surface area contributed by atoms with E-state index in [0.29, 0.717) is 10.8 Å². The molecule has 0 radical (unpaired) electrons. The van der Waals surface area contributed by atoms with Gasteiger partial charge in [-0.25, -0.2) is 0 Å². The summed E-state index contributed by atoms with van der Waals surface area (Å²) < 4.78 is 1.56. The van der Waals surface area contributed by atoms with Gasteiger partial charge in [0.1, 0.15) is 5.75 Å². The highest BCUT2D eigenvalue weighted by atomic mass is 32.2. The van der Waals surface area contributed by atoms with E-state index >= 15 is 0 Å². The normalized spacial score (nSPS) is 17.2. The lowest BCUT2D eigenvalue weighted by molar-refractivity contribution is -0.114. The van der Waals surface area contributed by atoms with Crippen LogP contribution < -0.4 is 4.90 Å². The molecule has 0 saturated heterocycles. The Labute approximate surface area is 179 Å². The maximum atomic E-state index is 13.1. The molecule has 0 bridgehead atoms. The zero-order chi connectivity index (χ0) is 21.5. The highest BCUT2D eigenvalue weighted by Crippen LogP contribution is 2.46. The zero-order valence-corrected chi connectivity index (χ0v) is 18.1. The van der Waals surface area contributed by atoms with Crippen LogP contribution in [0.3, 0.4) is 0 Å². The third-order valence-electron chi connectivity index (χ3n) is 5.44. The highest BCUT2D eigenvalue weighted by Gasteiger charge is 2.38. The predicted octanol–water partition coefficient (Wildman–Crippen LogP) is 3.73. The van der Waals surface area contributed by atoms with Crippen LogP contribution in [0.1, 0.15) is 26.3 Å². The minimum atomic E-state index is -0.368. The first-order valence-electron chi connectivity index (χ1n) is 9.62. The number of para-hydroxylation sites is 1. The average Bonchev–Trinajstić information content (AvgIpc) is 3.26. The average molecular weight is 422 g/mol. The van der Waals surface area contributed by atoms with Crippen molar-refractivity contribution in [2.75, 3.05) is 11.9 Å². The number of hydrogen-bond acceptors (Lipinski definition) is 7. The van der Waals surface area contributed by atoms with E-state index < -0.39 is 0 Å². The molecule has 0 fully saturated rings. The molecule has 1 N–H and O–H groups in total. The van der Waals surface area contributed by atoms with Crippen LogP contribution in [0.4, 0.5) is 5.69 Å². The number of nitrogens with zero attached hydrogens (tertiary/aromatic N) is 5. The Balaban J connectivity index is 1.56. The number of ketones is 1. The van der Waals surface area contributed by atoms with Gasteiger partial charge in [-0.2, -0.15) is 4.68 Å². The van der Waals surface area contributed by atoms with E-state index in [2.05, 4.69) is 46.4 Å². The maximum absolute atomic E-state index is 13.1. The highest BCUT2D eigenvalue weighted by molar-refractivity contribution is 8.00. The molecule has 2 aromatic carbocycles. The van der Waals surface area contributed by atoms with Gasteiger partial charge in [0.15, 0.2) is 5.78 Å². The Bertz CT molecular complexity index is 1120. The number of aromatic hydroxyl groups is 1. The molecule has 1 aliphatic rings. The second-order valence-electron chi connectivity index (χ2n) is 7.78. The van der Waals surface area contributed by atoms with Gasteiger partial charge in [-0.1, -0.05) is 43.8 Å². The first-order valence-corrected chi connectivity index (χ1v) is 10.5. The van der Waals surface area contributed by atoms with E-state index in [1.165, 1.54) is 17.3 Å². The maximum Gasteiger partial charge on any atom is 0.214 e. The van der Waals surface area contributed by atoms with Gasteiger partial charge in [0.05, 0.1) is 10.9 Å². The van der Waals surface area contributed by atoms with Gasteiger partial charge in [-0.15, -0.1) is 5.10 Å². The molecule has 1 atom stereocenters. The van der Waals surface area contributed by atoms with E-state index in [-0.39, 0.29) is 22.2 Å². The number of likely N-dealkylation sites (N-methyl/N-ethyl adjacent to an activating group) is 1. The summed E-state index contributed by atoms with van der Waals surface area (Å²) in [6.07, 6.45) is 1.74. The summed E-state index contributed by atoms with van der Waals surface area (Å²) >= 11 is 1.30. The minimum absolute atomic E-state index is 0.00277. The van der Waals surface area contributed by atoms with E-state index in [1.54, 1.807) is 35.0 Å². The van der Waals surface area contributed by atoms with Gasteiger partial charge in [-0.3, -0.25) is 4.79 Å². The second-order valence-corrected chi connectivity index (χ2v) is 9.09. The van der Waals surface area contributed by atoms with Crippen molar-refractivity contribution < 1.29 is 9.90 Å². The molecule has 8 heteroatoms. The Morgan fingerprint density at radius 2 is 1.87 bits per heavy atom. The van der Waals surface area contributed by atoms with Gasteiger partial charge in [-0.05, 0) is 53.2 Å². The fraction of sp³-hybridized carbons (Fsp3) is 0.273. The number of phenolic OH excluding ortho intramolecular Hbond substituents is 1. The van der Waals surface area contributed by atoms with Gasteiger partial charge >= 0.3 is 0 Å². The van der Waals surface area contributed by atoms with E-state index in [0.717, 1.165) is 11.4 Å². The van der Waals surface area contributed by atoms with E-state index in [4.69, 9.17) is 0 Å². The number of allylic oxidation sites excluding steroid dienone is 2. The second kappa shape index (κ2) is 7.60. The van der Waals surface area contributed by atoms with Gasteiger partial charge in [0.25, 0.3) is 0 Å². The number of tetrazole rings is 1. The summed E-state index contributed by atoms with van der Waals surface area (Å²) in [5.74, 6) is 0.170. The largest absolute Gasteiger partial charge is 0.508 e. The quantitative estimate of drug-likeness (QED) is 0.496. The number of rotatable bonds is 5. The number of phenols is 1. The molecular weight excluding hydrogens is 398 g/mol. The third-order valence-corrected chi connectivity index (χ3v) is 6.49. The smallest absolute Gasteiger partial charge is 0.214 e. The summed E-state index contributed by atoms with van der Waals surface area (Å²) in [6, 6.07) is 14.8. The molecule has 4 rings (SSSR count). The van der Waals surface area contributed by atoms with Crippen LogP contribution in [0.5, 0.6) is 5.75 Å². The van der Waals surface area contributed by atoms with Crippen LogP contribution >= 0.6 is 11.8 Å². The first kappa shape index (κ1) is 20.2. The summed E-state index contributed by atoms with van der Waals surface area (Å²) in [7, 11) is 2.00. The van der Waals surface area contributed by atoms with Crippen LogP contribution in [-0.2, 0) is 10.2 Å². The number of hydrogen-bond donors (Lipinski definition) is 1. The van der Waals surface area contributed by atoms with Crippen molar-refractivity contribution in [2.45, 2.75) is 36.6 Å². The lowest BCUT2D eigenvalue weighted by Gasteiger charge is -2.24. The number of carbonyl (C=O) groups is 1. The first-order chi connectivity index (χ1) is 14.3. The number of fused-ring (bicyclic) bond motifs is 1. The number of anilines is 1. The third kappa shape index (κ3) is 3.47. The number of thioether (sulfide) groups is 1. The Morgan fingerprint density at radius 1 is 1.17 bits per heavy atom. The fourth-order valence-corrected chi connectivity index (χ4v) is 4.56. The lowest BCUT2D eigenvalue weighted by Crippen LogP contribution is -2.25. The van der Waals surface area contributed by atoms with Gasteiger partial charge < -0.3 is 10.0 Å². The summed E-state index contributed by atoms with van der Waals surface area (Å²) in [5, 5.41) is 21.5. The lowest BCUT2D eigenvalue weighted by atomic mass is 9.83. The number of aromatic nitrogens is 4. The van der Waals surface area contributed by atoms with Crippen LogP contribution in [0.2, 0.25) is 0 Å². The molecule has 0 amide bonds. The minimum Gasteiger partial charge on any atom is -0.508 e. The van der Waals surface area contributed by atoms with Gasteiger partial charge in [0, 0.05) is 29.9 Å². The van der Waals surface area contributed by atoms with Crippen LogP contribution in [0, 0.1) is 0 Å². The molecule has 1 aliphatic heterocycles. The monoisotopic (exact) mass is 421 g/mol. The summed E-state index contributed by atoms with van der Waals surface area (Å²) in [4.78, 5) is 15.2. The Morgan fingerprint density at radius 3 is 2.57 bits per heavy atom. The Hall–Kier alpha value is -3.13. The van der Waals surface area contributed by atoms with Crippen molar-refractivity contribution >= 4 is 23.2 Å².